The van der Waals surface area contributed by atoms with E-state index >= 15 is 0 Å². The Kier molecular flexibility index (Phi) is 2.10. The number of carbonyl (C=O) groups excluding carboxylic acids is 1. The first-order valence-electron chi connectivity index (χ1n) is 3.97. The molecule has 2 rings (SSSR count). The zero-order chi connectivity index (χ0) is 9.97. The Balaban J connectivity index is 2.60. The molecule has 1 aromatic heterocycles. The molecule has 0 radical (unpaired) electrons. The molecule has 0 bridgehead atoms. The second-order valence-corrected chi connectivity index (χ2v) is 2.71. The molecule has 3 nitrogen and oxygen atoms in total. The molecule has 0 aliphatic heterocycles. The third-order valence-electron chi connectivity index (χ3n) is 1.87. The summed E-state index contributed by atoms with van der Waals surface area (Å²) in [5.74, 6) is -0.404. The average Bonchev–Trinajstić information content (AvgIpc) is 2.66. The van der Waals surface area contributed by atoms with Crippen molar-refractivity contribution < 1.29 is 13.7 Å². The topological polar surface area (TPSA) is 43.1 Å². The molecular weight excluding hydrogens is 185 g/mol. The maximum atomic E-state index is 13.3. The minimum Gasteiger partial charge on any atom is -0.363 e. The minimum atomic E-state index is -0.404. The van der Waals surface area contributed by atoms with Crippen LogP contribution in [-0.4, -0.2) is 11.4 Å². The van der Waals surface area contributed by atoms with Gasteiger partial charge >= 0.3 is 0 Å². The predicted octanol–water partition coefficient (Wildman–Crippen LogP) is 2.29. The highest BCUT2D eigenvalue weighted by Crippen LogP contribution is 2.24. The van der Waals surface area contributed by atoms with Gasteiger partial charge in [0.1, 0.15) is 12.1 Å². The number of halogens is 1. The van der Waals surface area contributed by atoms with Crippen molar-refractivity contribution in [3.63, 3.8) is 0 Å². The maximum absolute atomic E-state index is 13.3. The Bertz CT molecular complexity index is 465. The van der Waals surface area contributed by atoms with E-state index < -0.39 is 5.82 Å². The third kappa shape index (κ3) is 1.31. The van der Waals surface area contributed by atoms with Gasteiger partial charge in [-0.1, -0.05) is 23.4 Å². The van der Waals surface area contributed by atoms with Gasteiger partial charge in [-0.3, -0.25) is 4.79 Å². The van der Waals surface area contributed by atoms with Crippen LogP contribution < -0.4 is 0 Å². The van der Waals surface area contributed by atoms with Crippen molar-refractivity contribution in [1.29, 1.82) is 0 Å². The molecule has 0 fully saturated rings. The lowest BCUT2D eigenvalue weighted by molar-refractivity contribution is 0.111. The van der Waals surface area contributed by atoms with Gasteiger partial charge in [0.15, 0.2) is 12.0 Å². The second-order valence-electron chi connectivity index (χ2n) is 2.71. The van der Waals surface area contributed by atoms with Crippen molar-refractivity contribution in [1.82, 2.24) is 5.16 Å². The predicted molar refractivity (Wildman–Crippen MR) is 47.3 cm³/mol. The summed E-state index contributed by atoms with van der Waals surface area (Å²) >= 11 is 0. The van der Waals surface area contributed by atoms with Crippen LogP contribution in [0.5, 0.6) is 0 Å². The molecule has 2 aromatic rings. The quantitative estimate of drug-likeness (QED) is 0.684. The molecule has 0 amide bonds. The van der Waals surface area contributed by atoms with Crippen LogP contribution in [0.15, 0.2) is 35.1 Å². The molecule has 1 heterocycles. The Morgan fingerprint density at radius 2 is 2.07 bits per heavy atom. The van der Waals surface area contributed by atoms with Crippen molar-refractivity contribution in [2.75, 3.05) is 0 Å². The number of nitrogens with zero attached hydrogens (tertiary/aromatic N) is 1. The lowest BCUT2D eigenvalue weighted by atomic mass is 10.1. The van der Waals surface area contributed by atoms with Crippen LogP contribution >= 0.6 is 0 Å². The lowest BCUT2D eigenvalue weighted by Gasteiger charge is -1.97. The van der Waals surface area contributed by atoms with E-state index in [0.29, 0.717) is 17.4 Å². The number of aromatic nitrogens is 1. The fraction of sp³-hybridized carbons (Fsp3) is 0. The minimum absolute atomic E-state index is 0.107. The van der Waals surface area contributed by atoms with Crippen molar-refractivity contribution in [2.45, 2.75) is 0 Å². The number of aldehydes is 1. The van der Waals surface area contributed by atoms with Crippen molar-refractivity contribution in [3.05, 3.63) is 42.0 Å². The highest BCUT2D eigenvalue weighted by Gasteiger charge is 2.12. The van der Waals surface area contributed by atoms with Gasteiger partial charge in [0.05, 0.1) is 5.56 Å². The van der Waals surface area contributed by atoms with Crippen molar-refractivity contribution >= 4 is 6.29 Å². The number of carbonyl (C=O) groups is 1. The molecule has 0 spiro atoms. The van der Waals surface area contributed by atoms with E-state index in [2.05, 4.69) is 9.68 Å². The molecule has 0 atom stereocenters. The second kappa shape index (κ2) is 3.41. The number of rotatable bonds is 2. The van der Waals surface area contributed by atoms with Gasteiger partial charge in [-0.25, -0.2) is 4.39 Å². The normalized spacial score (nSPS) is 10.1. The molecule has 1 aromatic carbocycles. The van der Waals surface area contributed by atoms with Crippen LogP contribution in [-0.2, 0) is 0 Å². The van der Waals surface area contributed by atoms with E-state index in [1.54, 1.807) is 18.2 Å². The molecule has 0 unspecified atom stereocenters. The first-order chi connectivity index (χ1) is 6.83. The van der Waals surface area contributed by atoms with Crippen LogP contribution in [0.25, 0.3) is 11.1 Å². The van der Waals surface area contributed by atoms with E-state index in [9.17, 15) is 9.18 Å². The van der Waals surface area contributed by atoms with E-state index in [1.165, 1.54) is 12.3 Å². The molecule has 0 N–H and O–H groups in total. The van der Waals surface area contributed by atoms with Gasteiger partial charge < -0.3 is 4.52 Å². The largest absolute Gasteiger partial charge is 0.363 e. The molecular formula is C10H6FNO2. The van der Waals surface area contributed by atoms with Gasteiger partial charge in [0.25, 0.3) is 0 Å². The Morgan fingerprint density at radius 1 is 1.29 bits per heavy atom. The molecule has 70 valence electrons. The summed E-state index contributed by atoms with van der Waals surface area (Å²) in [6, 6.07) is 6.14. The Hall–Kier alpha value is -1.97. The molecule has 0 aliphatic carbocycles. The Morgan fingerprint density at radius 3 is 2.79 bits per heavy atom. The van der Waals surface area contributed by atoms with E-state index in [0.717, 1.165) is 0 Å². The van der Waals surface area contributed by atoms with Crippen molar-refractivity contribution in [3.8, 4) is 11.1 Å². The number of benzene rings is 1. The smallest absolute Gasteiger partial charge is 0.172 e. The lowest BCUT2D eigenvalue weighted by Crippen LogP contribution is -1.87. The number of hydrogen-bond acceptors (Lipinski definition) is 3. The SMILES string of the molecule is O=Cc1nocc1-c1ccccc1F. The van der Waals surface area contributed by atoms with E-state index in [1.807, 2.05) is 0 Å². The zero-order valence-corrected chi connectivity index (χ0v) is 7.11. The van der Waals surface area contributed by atoms with E-state index in [4.69, 9.17) is 0 Å². The summed E-state index contributed by atoms with van der Waals surface area (Å²) in [5, 5.41) is 3.44. The zero-order valence-electron chi connectivity index (χ0n) is 7.11. The van der Waals surface area contributed by atoms with Crippen LogP contribution in [0.4, 0.5) is 4.39 Å². The highest BCUT2D eigenvalue weighted by molar-refractivity contribution is 5.84. The van der Waals surface area contributed by atoms with Crippen molar-refractivity contribution in [2.24, 2.45) is 0 Å². The molecule has 0 saturated carbocycles. The molecule has 0 aliphatic rings. The van der Waals surface area contributed by atoms with Gasteiger partial charge in [0, 0.05) is 5.56 Å². The molecule has 14 heavy (non-hydrogen) atoms. The van der Waals surface area contributed by atoms with Crippen LogP contribution in [0.2, 0.25) is 0 Å². The summed E-state index contributed by atoms with van der Waals surface area (Å²) < 4.78 is 17.9. The fourth-order valence-corrected chi connectivity index (χ4v) is 1.21. The third-order valence-corrected chi connectivity index (χ3v) is 1.87. The van der Waals surface area contributed by atoms with Gasteiger partial charge in [-0.2, -0.15) is 0 Å². The average molecular weight is 191 g/mol. The summed E-state index contributed by atoms with van der Waals surface area (Å²) in [5.41, 5.74) is 0.795. The first-order valence-corrected chi connectivity index (χ1v) is 3.97. The van der Waals surface area contributed by atoms with Gasteiger partial charge in [0.2, 0.25) is 0 Å². The maximum Gasteiger partial charge on any atom is 0.172 e. The number of hydrogen-bond donors (Lipinski definition) is 0. The summed E-state index contributed by atoms with van der Waals surface area (Å²) in [6.45, 7) is 0. The fourth-order valence-electron chi connectivity index (χ4n) is 1.21. The summed E-state index contributed by atoms with van der Waals surface area (Å²) in [4.78, 5) is 10.5. The summed E-state index contributed by atoms with van der Waals surface area (Å²) in [6.07, 6.45) is 1.79. The van der Waals surface area contributed by atoms with Crippen LogP contribution in [0.1, 0.15) is 10.5 Å². The molecule has 4 heteroatoms. The van der Waals surface area contributed by atoms with Crippen LogP contribution in [0, 0.1) is 5.82 Å². The van der Waals surface area contributed by atoms with Crippen LogP contribution in [0.3, 0.4) is 0 Å². The monoisotopic (exact) mass is 191 g/mol. The van der Waals surface area contributed by atoms with E-state index in [-0.39, 0.29) is 5.69 Å². The van der Waals surface area contributed by atoms with Gasteiger partial charge in [-0.05, 0) is 6.07 Å². The molecule has 0 saturated heterocycles. The van der Waals surface area contributed by atoms with Gasteiger partial charge in [-0.15, -0.1) is 0 Å². The summed E-state index contributed by atoms with van der Waals surface area (Å²) in [7, 11) is 0. The Labute approximate surface area is 79.1 Å². The highest BCUT2D eigenvalue weighted by atomic mass is 19.1. The first kappa shape index (κ1) is 8.62. The standard InChI is InChI=1S/C10H6FNO2/c11-9-4-2-1-3-7(9)8-6-14-12-10(8)5-13/h1-6H.